The van der Waals surface area contributed by atoms with E-state index in [9.17, 15) is 9.59 Å². The van der Waals surface area contributed by atoms with Crippen LogP contribution in [0.1, 0.15) is 102 Å². The Labute approximate surface area is 262 Å². The smallest absolute Gasteiger partial charge is 0.351 e. The number of aromatic nitrogens is 2. The van der Waals surface area contributed by atoms with Gasteiger partial charge in [0.2, 0.25) is 0 Å². The van der Waals surface area contributed by atoms with Gasteiger partial charge in [-0.05, 0) is 43.9 Å². The van der Waals surface area contributed by atoms with Crippen molar-refractivity contribution in [1.29, 1.82) is 0 Å². The van der Waals surface area contributed by atoms with Crippen molar-refractivity contribution >= 4 is 11.7 Å². The fraction of sp³-hybridized carbons (Fsp3) is 0.676. The van der Waals surface area contributed by atoms with Crippen molar-refractivity contribution in [2.45, 2.75) is 116 Å². The van der Waals surface area contributed by atoms with Gasteiger partial charge in [0.1, 0.15) is 30.4 Å². The molecule has 1 aliphatic rings. The predicted octanol–water partition coefficient (Wildman–Crippen LogP) is 6.16. The zero-order valence-electron chi connectivity index (χ0n) is 27.1. The van der Waals surface area contributed by atoms with Gasteiger partial charge < -0.3 is 29.0 Å². The normalized spacial score (nSPS) is 22.0. The van der Waals surface area contributed by atoms with E-state index in [0.717, 1.165) is 51.4 Å². The molecule has 1 aliphatic heterocycles. The monoisotopic (exact) mass is 615 g/mol. The Bertz CT molecular complexity index is 1130. The van der Waals surface area contributed by atoms with Gasteiger partial charge >= 0.3 is 5.69 Å². The molecule has 0 spiro atoms. The van der Waals surface area contributed by atoms with E-state index in [0.29, 0.717) is 45.0 Å². The average molecular weight is 616 g/mol. The summed E-state index contributed by atoms with van der Waals surface area (Å²) in [6.07, 6.45) is 7.29. The quantitative estimate of drug-likeness (QED) is 0.177. The van der Waals surface area contributed by atoms with Crippen LogP contribution in [0.25, 0.3) is 0 Å². The second-order valence-electron chi connectivity index (χ2n) is 11.3. The second-order valence-corrected chi connectivity index (χ2v) is 11.3. The molecule has 0 bridgehead atoms. The lowest BCUT2D eigenvalue weighted by atomic mass is 10.0. The predicted molar refractivity (Wildman–Crippen MR) is 171 cm³/mol. The highest BCUT2D eigenvalue weighted by atomic mass is 16.6. The molecule has 0 saturated carbocycles. The third-order valence-corrected chi connectivity index (χ3v) is 7.61. The lowest BCUT2D eigenvalue weighted by Crippen LogP contribution is -2.49. The van der Waals surface area contributed by atoms with Gasteiger partial charge in [0.05, 0.1) is 12.7 Å². The molecule has 0 radical (unpaired) electrons. The number of hydrogen-bond acceptors (Lipinski definition) is 8. The van der Waals surface area contributed by atoms with Gasteiger partial charge in [-0.2, -0.15) is 4.98 Å². The minimum atomic E-state index is -0.697. The van der Waals surface area contributed by atoms with Crippen LogP contribution in [0, 0.1) is 0 Å². The van der Waals surface area contributed by atoms with Crippen LogP contribution >= 0.6 is 0 Å². The highest BCUT2D eigenvalue weighted by Crippen LogP contribution is 2.32. The molecule has 1 amide bonds. The molecule has 10 heteroatoms. The molecule has 0 unspecified atom stereocenters. The maximum Gasteiger partial charge on any atom is 0.351 e. The van der Waals surface area contributed by atoms with E-state index in [1.165, 1.54) is 4.57 Å². The zero-order valence-corrected chi connectivity index (χ0v) is 27.1. The number of unbranched alkanes of at least 4 members (excludes halogenated alkanes) is 4. The third-order valence-electron chi connectivity index (χ3n) is 7.61. The Balaban J connectivity index is 1.93. The Morgan fingerprint density at radius 2 is 1.48 bits per heavy atom. The first-order chi connectivity index (χ1) is 21.5. The molecule has 5 atom stereocenters. The number of amides is 1. The van der Waals surface area contributed by atoms with Gasteiger partial charge in [-0.25, -0.2) is 4.79 Å². The van der Waals surface area contributed by atoms with E-state index >= 15 is 0 Å². The number of anilines is 1. The molecule has 10 nitrogen and oxygen atoms in total. The molecule has 44 heavy (non-hydrogen) atoms. The number of benzene rings is 1. The van der Waals surface area contributed by atoms with Crippen LogP contribution in [-0.2, 0) is 23.7 Å². The van der Waals surface area contributed by atoms with E-state index in [1.54, 1.807) is 36.5 Å². The summed E-state index contributed by atoms with van der Waals surface area (Å²) in [7, 11) is 0. The molecule has 1 aromatic heterocycles. The van der Waals surface area contributed by atoms with Crippen LogP contribution in [0.2, 0.25) is 0 Å². The number of carbonyl (C=O) groups excluding carboxylic acids is 1. The first-order valence-electron chi connectivity index (χ1n) is 16.6. The van der Waals surface area contributed by atoms with Crippen molar-refractivity contribution < 1.29 is 28.5 Å². The minimum absolute atomic E-state index is 0.172. The van der Waals surface area contributed by atoms with Crippen molar-refractivity contribution in [2.75, 3.05) is 38.4 Å². The maximum absolute atomic E-state index is 13.4. The van der Waals surface area contributed by atoms with Gasteiger partial charge in [-0.15, -0.1) is 0 Å². The van der Waals surface area contributed by atoms with Crippen LogP contribution < -0.4 is 11.0 Å². The molecular weight excluding hydrogens is 562 g/mol. The summed E-state index contributed by atoms with van der Waals surface area (Å²) in [4.78, 5) is 30.3. The van der Waals surface area contributed by atoms with Crippen molar-refractivity contribution in [3.05, 3.63) is 58.6 Å². The molecule has 1 saturated heterocycles. The molecule has 246 valence electrons. The SMILES string of the molecule is CCCCOC[C@H]1O[C@H](n2ccc(NC(=O)c3ccccc3)nc2=O)C[C@H](OCCCC)[C@@H](OCCCC)[C@H]1OCCCC. The van der Waals surface area contributed by atoms with E-state index in [-0.39, 0.29) is 17.8 Å². The minimum Gasteiger partial charge on any atom is -0.379 e. The fourth-order valence-electron chi connectivity index (χ4n) is 5.00. The second kappa shape index (κ2) is 20.4. The molecule has 0 aliphatic carbocycles. The van der Waals surface area contributed by atoms with E-state index in [2.05, 4.69) is 38.0 Å². The van der Waals surface area contributed by atoms with Crippen molar-refractivity contribution in [2.24, 2.45) is 0 Å². The summed E-state index contributed by atoms with van der Waals surface area (Å²) in [5.41, 5.74) is -0.0561. The topological polar surface area (TPSA) is 110 Å². The van der Waals surface area contributed by atoms with Crippen molar-refractivity contribution in [1.82, 2.24) is 9.55 Å². The van der Waals surface area contributed by atoms with Crippen LogP contribution in [0.4, 0.5) is 5.82 Å². The Kier molecular flexibility index (Phi) is 16.6. The number of hydrogen-bond donors (Lipinski definition) is 1. The first kappa shape index (κ1) is 35.8. The van der Waals surface area contributed by atoms with E-state index < -0.39 is 30.2 Å². The molecule has 1 N–H and O–H groups in total. The lowest BCUT2D eigenvalue weighted by molar-refractivity contribution is -0.176. The van der Waals surface area contributed by atoms with Gasteiger partial charge in [-0.1, -0.05) is 71.6 Å². The van der Waals surface area contributed by atoms with Crippen LogP contribution in [-0.4, -0.2) is 72.9 Å². The molecule has 1 aromatic carbocycles. The Morgan fingerprint density at radius 3 is 2.11 bits per heavy atom. The van der Waals surface area contributed by atoms with Gasteiger partial charge in [0, 0.05) is 44.6 Å². The largest absolute Gasteiger partial charge is 0.379 e. The van der Waals surface area contributed by atoms with E-state index in [4.69, 9.17) is 23.7 Å². The average Bonchev–Trinajstić information content (AvgIpc) is 3.17. The number of ether oxygens (including phenoxy) is 5. The molecule has 1 fully saturated rings. The summed E-state index contributed by atoms with van der Waals surface area (Å²) in [5.74, 6) is -0.167. The number of nitrogens with zero attached hydrogens (tertiary/aromatic N) is 2. The van der Waals surface area contributed by atoms with Crippen LogP contribution in [0.15, 0.2) is 47.4 Å². The summed E-state index contributed by atoms with van der Waals surface area (Å²) in [6, 6.07) is 10.4. The molecule has 3 rings (SSSR count). The van der Waals surface area contributed by atoms with Gasteiger partial charge in [-0.3, -0.25) is 9.36 Å². The van der Waals surface area contributed by atoms with E-state index in [1.807, 2.05) is 6.07 Å². The van der Waals surface area contributed by atoms with Crippen LogP contribution in [0.3, 0.4) is 0 Å². The summed E-state index contributed by atoms with van der Waals surface area (Å²) < 4.78 is 33.8. The molecular formula is C34H53N3O7. The highest BCUT2D eigenvalue weighted by molar-refractivity contribution is 6.03. The Morgan fingerprint density at radius 1 is 0.864 bits per heavy atom. The summed E-state index contributed by atoms with van der Waals surface area (Å²) in [6.45, 7) is 11.1. The fourth-order valence-corrected chi connectivity index (χ4v) is 5.00. The van der Waals surface area contributed by atoms with Crippen molar-refractivity contribution in [3.8, 4) is 0 Å². The van der Waals surface area contributed by atoms with Gasteiger partial charge in [0.25, 0.3) is 5.91 Å². The lowest BCUT2D eigenvalue weighted by Gasteiger charge is -2.34. The Hall–Kier alpha value is -2.63. The van der Waals surface area contributed by atoms with Crippen LogP contribution in [0.5, 0.6) is 0 Å². The molecule has 2 aromatic rings. The number of rotatable bonds is 20. The highest BCUT2D eigenvalue weighted by Gasteiger charge is 2.44. The number of nitrogens with one attached hydrogen (secondary N) is 1. The summed E-state index contributed by atoms with van der Waals surface area (Å²) in [5, 5.41) is 2.72. The third kappa shape index (κ3) is 11.4. The standard InChI is InChI=1S/C34H53N3O7/c1-5-9-20-40-25-28-32(43-23-12-8-4)31(42-22-11-7-3)27(41-21-10-6-2)24-30(44-28)37-19-18-29(36-34(37)39)35-33(38)26-16-14-13-15-17-26/h13-19,27-28,30-32H,5-12,20-25H2,1-4H3,(H,35,36,38,39)/t27-,28+,30-,31+,32-/m0/s1. The molecule has 2 heterocycles. The first-order valence-corrected chi connectivity index (χ1v) is 16.6. The maximum atomic E-state index is 13.4. The number of carbonyl (C=O) groups is 1. The zero-order chi connectivity index (χ0) is 31.6. The summed E-state index contributed by atoms with van der Waals surface area (Å²) >= 11 is 0. The van der Waals surface area contributed by atoms with Crippen molar-refractivity contribution in [3.63, 3.8) is 0 Å². The van der Waals surface area contributed by atoms with Gasteiger partial charge in [0.15, 0.2) is 0 Å².